The lowest BCUT2D eigenvalue weighted by atomic mass is 9.83. The highest BCUT2D eigenvalue weighted by Gasteiger charge is 2.33. The Labute approximate surface area is 126 Å². The fraction of sp³-hybridized carbons (Fsp3) is 0.267. The largest absolute Gasteiger partial charge is 0.307 e. The van der Waals surface area contributed by atoms with E-state index in [-0.39, 0.29) is 10.6 Å². The molecule has 0 saturated carbocycles. The van der Waals surface area contributed by atoms with Crippen LogP contribution in [0.25, 0.3) is 11.3 Å². The minimum absolute atomic E-state index is 0.0643. The predicted octanol–water partition coefficient (Wildman–Crippen LogP) is 4.40. The van der Waals surface area contributed by atoms with E-state index in [0.717, 1.165) is 24.1 Å². The SMILES string of the molecule is CC1(c2cc(Cl)nc(-c3ccc(F)c(Cl)c3)c2)CCN1. The van der Waals surface area contributed by atoms with Crippen molar-refractivity contribution in [1.82, 2.24) is 10.3 Å². The van der Waals surface area contributed by atoms with E-state index in [1.54, 1.807) is 12.1 Å². The maximum atomic E-state index is 13.2. The lowest BCUT2D eigenvalue weighted by Crippen LogP contribution is -2.51. The highest BCUT2D eigenvalue weighted by Crippen LogP contribution is 2.34. The summed E-state index contributed by atoms with van der Waals surface area (Å²) in [5.41, 5.74) is 2.47. The van der Waals surface area contributed by atoms with Crippen molar-refractivity contribution in [3.05, 3.63) is 51.9 Å². The van der Waals surface area contributed by atoms with Gasteiger partial charge in [0.25, 0.3) is 0 Å². The Hall–Kier alpha value is -1.16. The fourth-order valence-electron chi connectivity index (χ4n) is 2.37. The van der Waals surface area contributed by atoms with Crippen LogP contribution in [0, 0.1) is 5.82 Å². The summed E-state index contributed by atoms with van der Waals surface area (Å²) in [5.74, 6) is -0.440. The quantitative estimate of drug-likeness (QED) is 0.831. The molecule has 20 heavy (non-hydrogen) atoms. The van der Waals surface area contributed by atoms with E-state index in [0.29, 0.717) is 10.8 Å². The molecule has 1 N–H and O–H groups in total. The molecule has 0 bridgehead atoms. The topological polar surface area (TPSA) is 24.9 Å². The summed E-state index contributed by atoms with van der Waals surface area (Å²) in [6.07, 6.45) is 1.05. The van der Waals surface area contributed by atoms with E-state index in [1.165, 1.54) is 6.07 Å². The Kier molecular flexibility index (Phi) is 3.44. The summed E-state index contributed by atoms with van der Waals surface area (Å²) in [5, 5.41) is 3.90. The van der Waals surface area contributed by atoms with E-state index in [4.69, 9.17) is 23.2 Å². The van der Waals surface area contributed by atoms with Gasteiger partial charge in [0.2, 0.25) is 0 Å². The van der Waals surface area contributed by atoms with Crippen molar-refractivity contribution >= 4 is 23.2 Å². The van der Waals surface area contributed by atoms with Gasteiger partial charge in [-0.1, -0.05) is 23.2 Å². The summed E-state index contributed by atoms with van der Waals surface area (Å²) in [4.78, 5) is 4.30. The van der Waals surface area contributed by atoms with Gasteiger partial charge in [0.05, 0.1) is 10.7 Å². The van der Waals surface area contributed by atoms with Gasteiger partial charge in [0, 0.05) is 11.1 Å². The van der Waals surface area contributed by atoms with Gasteiger partial charge >= 0.3 is 0 Å². The monoisotopic (exact) mass is 310 g/mol. The van der Waals surface area contributed by atoms with E-state index in [2.05, 4.69) is 17.2 Å². The minimum atomic E-state index is -0.440. The zero-order chi connectivity index (χ0) is 14.3. The van der Waals surface area contributed by atoms with Crippen LogP contribution in [0.3, 0.4) is 0 Å². The average molecular weight is 311 g/mol. The van der Waals surface area contributed by atoms with E-state index >= 15 is 0 Å². The van der Waals surface area contributed by atoms with Crippen molar-refractivity contribution in [2.75, 3.05) is 6.54 Å². The van der Waals surface area contributed by atoms with Crippen LogP contribution >= 0.6 is 23.2 Å². The van der Waals surface area contributed by atoms with Crippen molar-refractivity contribution in [1.29, 1.82) is 0 Å². The summed E-state index contributed by atoms with van der Waals surface area (Å²) in [6.45, 7) is 3.12. The Morgan fingerprint density at radius 1 is 1.25 bits per heavy atom. The van der Waals surface area contributed by atoms with Gasteiger partial charge in [-0.2, -0.15) is 0 Å². The molecule has 5 heteroatoms. The van der Waals surface area contributed by atoms with Crippen molar-refractivity contribution in [3.63, 3.8) is 0 Å². The lowest BCUT2D eigenvalue weighted by molar-refractivity contribution is 0.237. The smallest absolute Gasteiger partial charge is 0.141 e. The number of aromatic nitrogens is 1. The molecule has 1 aromatic carbocycles. The maximum Gasteiger partial charge on any atom is 0.141 e. The van der Waals surface area contributed by atoms with Crippen molar-refractivity contribution in [2.45, 2.75) is 18.9 Å². The van der Waals surface area contributed by atoms with Crippen molar-refractivity contribution < 1.29 is 4.39 Å². The Balaban J connectivity index is 2.07. The summed E-state index contributed by atoms with van der Waals surface area (Å²) in [6, 6.07) is 8.39. The third-order valence-corrected chi connectivity index (χ3v) is 4.27. The van der Waals surface area contributed by atoms with Crippen LogP contribution in [0.4, 0.5) is 4.39 Å². The third kappa shape index (κ3) is 2.41. The third-order valence-electron chi connectivity index (χ3n) is 3.79. The molecule has 1 atom stereocenters. The van der Waals surface area contributed by atoms with E-state index in [9.17, 15) is 4.39 Å². The molecule has 0 radical (unpaired) electrons. The molecule has 1 fully saturated rings. The molecule has 0 spiro atoms. The van der Waals surface area contributed by atoms with Gasteiger partial charge in [0.1, 0.15) is 11.0 Å². The number of benzene rings is 1. The standard InChI is InChI=1S/C15H13Cl2FN2/c1-15(4-5-19-15)10-7-13(20-14(17)8-10)9-2-3-12(18)11(16)6-9/h2-3,6-8,19H,4-5H2,1H3. The summed E-state index contributed by atoms with van der Waals surface area (Å²) in [7, 11) is 0. The zero-order valence-corrected chi connectivity index (χ0v) is 12.4. The number of nitrogens with zero attached hydrogens (tertiary/aromatic N) is 1. The van der Waals surface area contributed by atoms with Crippen LogP contribution < -0.4 is 5.32 Å². The van der Waals surface area contributed by atoms with Gasteiger partial charge in [-0.3, -0.25) is 0 Å². The molecule has 104 valence electrons. The van der Waals surface area contributed by atoms with Gasteiger partial charge < -0.3 is 5.32 Å². The molecule has 2 nitrogen and oxygen atoms in total. The maximum absolute atomic E-state index is 13.2. The fourth-order valence-corrected chi connectivity index (χ4v) is 2.75. The second-order valence-electron chi connectivity index (χ2n) is 5.20. The molecule has 0 aliphatic carbocycles. The number of nitrogens with one attached hydrogen (secondary N) is 1. The van der Waals surface area contributed by atoms with Gasteiger partial charge in [0.15, 0.2) is 0 Å². The minimum Gasteiger partial charge on any atom is -0.307 e. The highest BCUT2D eigenvalue weighted by molar-refractivity contribution is 6.31. The van der Waals surface area contributed by atoms with Gasteiger partial charge in [-0.15, -0.1) is 0 Å². The van der Waals surface area contributed by atoms with Crippen LogP contribution in [0.15, 0.2) is 30.3 Å². The number of hydrogen-bond donors (Lipinski definition) is 1. The van der Waals surface area contributed by atoms with E-state index < -0.39 is 5.82 Å². The van der Waals surface area contributed by atoms with Crippen LogP contribution in [0.1, 0.15) is 18.9 Å². The highest BCUT2D eigenvalue weighted by atomic mass is 35.5. The Bertz CT molecular complexity index is 669. The Morgan fingerprint density at radius 3 is 2.60 bits per heavy atom. The van der Waals surface area contributed by atoms with Crippen molar-refractivity contribution in [2.24, 2.45) is 0 Å². The molecule has 1 aliphatic heterocycles. The first-order chi connectivity index (χ1) is 9.48. The van der Waals surface area contributed by atoms with E-state index in [1.807, 2.05) is 12.1 Å². The number of pyridine rings is 1. The second-order valence-corrected chi connectivity index (χ2v) is 6.00. The molecule has 1 aromatic heterocycles. The molecular formula is C15H13Cl2FN2. The molecule has 1 unspecified atom stereocenters. The first kappa shape index (κ1) is 13.8. The van der Waals surface area contributed by atoms with Gasteiger partial charge in [-0.05, 0) is 55.8 Å². The lowest BCUT2D eigenvalue weighted by Gasteiger charge is -2.40. The van der Waals surface area contributed by atoms with Crippen molar-refractivity contribution in [3.8, 4) is 11.3 Å². The molecule has 0 amide bonds. The predicted molar refractivity (Wildman–Crippen MR) is 79.6 cm³/mol. The summed E-state index contributed by atoms with van der Waals surface area (Å²) >= 11 is 11.9. The first-order valence-electron chi connectivity index (χ1n) is 6.36. The van der Waals surface area contributed by atoms with Crippen LogP contribution in [-0.2, 0) is 5.54 Å². The van der Waals surface area contributed by atoms with Crippen LogP contribution in [0.5, 0.6) is 0 Å². The van der Waals surface area contributed by atoms with Crippen LogP contribution in [-0.4, -0.2) is 11.5 Å². The first-order valence-corrected chi connectivity index (χ1v) is 7.12. The molecule has 1 aliphatic rings. The second kappa shape index (κ2) is 4.99. The molecular weight excluding hydrogens is 298 g/mol. The van der Waals surface area contributed by atoms with Gasteiger partial charge in [-0.25, -0.2) is 9.37 Å². The molecule has 1 saturated heterocycles. The molecule has 2 heterocycles. The normalized spacial score (nSPS) is 21.6. The zero-order valence-electron chi connectivity index (χ0n) is 10.9. The number of rotatable bonds is 2. The number of hydrogen-bond acceptors (Lipinski definition) is 2. The number of halogens is 3. The summed E-state index contributed by atoms with van der Waals surface area (Å²) < 4.78 is 13.2. The Morgan fingerprint density at radius 2 is 2.00 bits per heavy atom. The molecule has 2 aromatic rings. The van der Waals surface area contributed by atoms with Crippen LogP contribution in [0.2, 0.25) is 10.2 Å². The average Bonchev–Trinajstić information content (AvgIpc) is 2.38. The molecule has 3 rings (SSSR count).